The SMILES string of the molecule is CCOC(=O)C(C)(C)c1cnc(S(C)(=O)=O)nc1Cl. The van der Waals surface area contributed by atoms with Gasteiger partial charge in [0.15, 0.2) is 0 Å². The zero-order valence-corrected chi connectivity index (χ0v) is 12.7. The quantitative estimate of drug-likeness (QED) is 0.474. The summed E-state index contributed by atoms with van der Waals surface area (Å²) < 4.78 is 27.6. The van der Waals surface area contributed by atoms with Crippen molar-refractivity contribution in [3.05, 3.63) is 16.9 Å². The molecule has 0 saturated heterocycles. The van der Waals surface area contributed by atoms with Gasteiger partial charge in [-0.05, 0) is 20.8 Å². The van der Waals surface area contributed by atoms with Gasteiger partial charge in [-0.2, -0.15) is 0 Å². The highest BCUT2D eigenvalue weighted by Gasteiger charge is 2.35. The molecule has 0 radical (unpaired) electrons. The van der Waals surface area contributed by atoms with E-state index in [-0.39, 0.29) is 16.9 Å². The molecule has 0 fully saturated rings. The summed E-state index contributed by atoms with van der Waals surface area (Å²) in [4.78, 5) is 19.3. The average Bonchev–Trinajstić information content (AvgIpc) is 2.27. The van der Waals surface area contributed by atoms with Gasteiger partial charge in [0.1, 0.15) is 5.15 Å². The highest BCUT2D eigenvalue weighted by Crippen LogP contribution is 2.29. The van der Waals surface area contributed by atoms with E-state index in [1.165, 1.54) is 6.20 Å². The van der Waals surface area contributed by atoms with Crippen LogP contribution in [0.5, 0.6) is 0 Å². The van der Waals surface area contributed by atoms with Gasteiger partial charge in [-0.25, -0.2) is 18.4 Å². The number of carbonyl (C=O) groups is 1. The van der Waals surface area contributed by atoms with E-state index >= 15 is 0 Å². The van der Waals surface area contributed by atoms with E-state index in [2.05, 4.69) is 9.97 Å². The fraction of sp³-hybridized carbons (Fsp3) is 0.545. The summed E-state index contributed by atoms with van der Waals surface area (Å²) >= 11 is 5.94. The van der Waals surface area contributed by atoms with Crippen LogP contribution in [0.4, 0.5) is 0 Å². The van der Waals surface area contributed by atoms with Crippen molar-refractivity contribution in [1.29, 1.82) is 0 Å². The van der Waals surface area contributed by atoms with Crippen LogP contribution in [-0.2, 0) is 24.8 Å². The molecule has 0 saturated carbocycles. The van der Waals surface area contributed by atoms with E-state index in [4.69, 9.17) is 16.3 Å². The van der Waals surface area contributed by atoms with Gasteiger partial charge in [0, 0.05) is 18.0 Å². The van der Waals surface area contributed by atoms with E-state index in [0.717, 1.165) is 6.26 Å². The summed E-state index contributed by atoms with van der Waals surface area (Å²) in [5.41, 5.74) is -0.733. The third-order valence-electron chi connectivity index (χ3n) is 2.51. The van der Waals surface area contributed by atoms with Crippen molar-refractivity contribution in [3.63, 3.8) is 0 Å². The number of carbonyl (C=O) groups excluding carboxylic acids is 1. The predicted octanol–water partition coefficient (Wildman–Crippen LogP) is 1.37. The number of sulfone groups is 1. The fourth-order valence-corrected chi connectivity index (χ4v) is 2.28. The van der Waals surface area contributed by atoms with Crippen molar-refractivity contribution in [3.8, 4) is 0 Å². The van der Waals surface area contributed by atoms with Gasteiger partial charge in [-0.1, -0.05) is 11.6 Å². The standard InChI is InChI=1S/C11H15ClN2O4S/c1-5-18-9(15)11(2,3)7-6-13-10(14-8(7)12)19(4,16)17/h6H,5H2,1-4H3. The molecule has 0 aliphatic carbocycles. The van der Waals surface area contributed by atoms with Crippen LogP contribution in [0, 0.1) is 0 Å². The van der Waals surface area contributed by atoms with Crippen molar-refractivity contribution in [2.75, 3.05) is 12.9 Å². The number of halogens is 1. The lowest BCUT2D eigenvalue weighted by Gasteiger charge is -2.22. The van der Waals surface area contributed by atoms with E-state index in [0.29, 0.717) is 5.56 Å². The summed E-state index contributed by atoms with van der Waals surface area (Å²) in [6.45, 7) is 5.15. The van der Waals surface area contributed by atoms with Crippen LogP contribution in [0.15, 0.2) is 11.4 Å². The minimum absolute atomic E-state index is 0.0755. The van der Waals surface area contributed by atoms with Crippen LogP contribution < -0.4 is 0 Å². The minimum atomic E-state index is -3.54. The van der Waals surface area contributed by atoms with E-state index in [9.17, 15) is 13.2 Å². The molecule has 0 aliphatic rings. The number of aromatic nitrogens is 2. The highest BCUT2D eigenvalue weighted by molar-refractivity contribution is 7.90. The average molecular weight is 307 g/mol. The van der Waals surface area contributed by atoms with E-state index in [1.54, 1.807) is 20.8 Å². The summed E-state index contributed by atoms with van der Waals surface area (Å²) in [6.07, 6.45) is 2.22. The lowest BCUT2D eigenvalue weighted by Crippen LogP contribution is -2.32. The molecule has 0 bridgehead atoms. The lowest BCUT2D eigenvalue weighted by molar-refractivity contribution is -0.148. The first-order chi connectivity index (χ1) is 8.60. The first-order valence-electron chi connectivity index (χ1n) is 5.51. The molecule has 1 rings (SSSR count). The maximum atomic E-state index is 11.8. The van der Waals surface area contributed by atoms with Crippen molar-refractivity contribution >= 4 is 27.4 Å². The largest absolute Gasteiger partial charge is 0.465 e. The molecule has 0 amide bonds. The van der Waals surface area contributed by atoms with Gasteiger partial charge in [-0.3, -0.25) is 4.79 Å². The summed E-state index contributed by atoms with van der Waals surface area (Å²) in [5, 5.41) is -0.450. The molecule has 0 spiro atoms. The first-order valence-corrected chi connectivity index (χ1v) is 7.78. The van der Waals surface area contributed by atoms with Crippen LogP contribution in [0.2, 0.25) is 5.15 Å². The molecule has 19 heavy (non-hydrogen) atoms. The lowest BCUT2D eigenvalue weighted by atomic mass is 9.87. The third kappa shape index (κ3) is 3.42. The maximum Gasteiger partial charge on any atom is 0.316 e. The zero-order valence-electron chi connectivity index (χ0n) is 11.1. The second kappa shape index (κ2) is 5.42. The predicted molar refractivity (Wildman–Crippen MR) is 69.8 cm³/mol. The molecule has 106 valence electrons. The number of nitrogens with zero attached hydrogens (tertiary/aromatic N) is 2. The molecule has 6 nitrogen and oxygen atoms in total. The summed E-state index contributed by atoms with van der Waals surface area (Å²) in [5.74, 6) is -0.479. The Hall–Kier alpha value is -1.21. The number of esters is 1. The summed E-state index contributed by atoms with van der Waals surface area (Å²) in [6, 6.07) is 0. The third-order valence-corrected chi connectivity index (χ3v) is 3.66. The Balaban J connectivity index is 3.27. The molecule has 1 heterocycles. The van der Waals surface area contributed by atoms with Crippen LogP contribution >= 0.6 is 11.6 Å². The molecular formula is C11H15ClN2O4S. The van der Waals surface area contributed by atoms with Gasteiger partial charge in [-0.15, -0.1) is 0 Å². The Morgan fingerprint density at radius 2 is 2.05 bits per heavy atom. The molecule has 1 aromatic rings. The minimum Gasteiger partial charge on any atom is -0.465 e. The molecule has 0 unspecified atom stereocenters. The van der Waals surface area contributed by atoms with Gasteiger partial charge in [0.05, 0.1) is 12.0 Å². The molecule has 0 N–H and O–H groups in total. The highest BCUT2D eigenvalue weighted by atomic mass is 35.5. The first kappa shape index (κ1) is 15.8. The molecular weight excluding hydrogens is 292 g/mol. The Bertz CT molecular complexity index is 599. The van der Waals surface area contributed by atoms with Crippen LogP contribution in [0.1, 0.15) is 26.3 Å². The second-order valence-corrected chi connectivity index (χ2v) is 6.74. The Morgan fingerprint density at radius 3 is 2.47 bits per heavy atom. The number of rotatable bonds is 4. The normalized spacial score (nSPS) is 12.3. The fourth-order valence-electron chi connectivity index (χ4n) is 1.37. The maximum absolute atomic E-state index is 11.8. The number of hydrogen-bond donors (Lipinski definition) is 0. The van der Waals surface area contributed by atoms with Gasteiger partial charge in [0.2, 0.25) is 15.0 Å². The van der Waals surface area contributed by atoms with Crippen molar-refractivity contribution in [2.24, 2.45) is 0 Å². The number of ether oxygens (including phenoxy) is 1. The van der Waals surface area contributed by atoms with E-state index in [1.807, 2.05) is 0 Å². The van der Waals surface area contributed by atoms with Gasteiger partial charge >= 0.3 is 5.97 Å². The molecule has 0 aromatic carbocycles. The topological polar surface area (TPSA) is 86.2 Å². The van der Waals surface area contributed by atoms with Crippen LogP contribution in [0.3, 0.4) is 0 Å². The zero-order chi connectivity index (χ0) is 14.8. The Morgan fingerprint density at radius 1 is 1.47 bits per heavy atom. The second-order valence-electron chi connectivity index (χ2n) is 4.47. The molecule has 0 atom stereocenters. The monoisotopic (exact) mass is 306 g/mol. The molecule has 1 aromatic heterocycles. The van der Waals surface area contributed by atoms with Crippen molar-refractivity contribution in [1.82, 2.24) is 9.97 Å². The molecule has 8 heteroatoms. The van der Waals surface area contributed by atoms with Crippen LogP contribution in [0.25, 0.3) is 0 Å². The van der Waals surface area contributed by atoms with Crippen LogP contribution in [-0.4, -0.2) is 37.2 Å². The smallest absolute Gasteiger partial charge is 0.316 e. The Labute approximate surface area is 117 Å². The van der Waals surface area contributed by atoms with Crippen molar-refractivity contribution in [2.45, 2.75) is 31.3 Å². The van der Waals surface area contributed by atoms with Gasteiger partial charge < -0.3 is 4.74 Å². The number of hydrogen-bond acceptors (Lipinski definition) is 6. The van der Waals surface area contributed by atoms with Crippen molar-refractivity contribution < 1.29 is 17.9 Å². The van der Waals surface area contributed by atoms with E-state index < -0.39 is 21.2 Å². The van der Waals surface area contributed by atoms with Gasteiger partial charge in [0.25, 0.3) is 0 Å². The molecule has 0 aliphatic heterocycles. The summed E-state index contributed by atoms with van der Waals surface area (Å²) in [7, 11) is -3.54. The Kier molecular flexibility index (Phi) is 4.52.